The third kappa shape index (κ3) is 3.14. The maximum atomic E-state index is 6.16. The Morgan fingerprint density at radius 1 is 1.20 bits per heavy atom. The second-order valence-electron chi connectivity index (χ2n) is 5.39. The number of nitrogens with zero attached hydrogens (tertiary/aromatic N) is 5. The van der Waals surface area contributed by atoms with Gasteiger partial charge in [0.15, 0.2) is 0 Å². The summed E-state index contributed by atoms with van der Waals surface area (Å²) in [5.41, 5.74) is 1.93. The predicted molar refractivity (Wildman–Crippen MR) is 102 cm³/mol. The highest BCUT2D eigenvalue weighted by atomic mass is 35.5. The largest absolute Gasteiger partial charge is 0.329 e. The van der Waals surface area contributed by atoms with Gasteiger partial charge in [-0.1, -0.05) is 23.7 Å². The molecule has 4 aromatic rings. The van der Waals surface area contributed by atoms with Crippen LogP contribution < -0.4 is 4.90 Å². The first-order valence-corrected chi connectivity index (χ1v) is 8.86. The second kappa shape index (κ2) is 6.66. The van der Waals surface area contributed by atoms with E-state index in [1.54, 1.807) is 28.4 Å². The summed E-state index contributed by atoms with van der Waals surface area (Å²) in [5, 5.41) is 2.73. The van der Waals surface area contributed by atoms with E-state index in [0.29, 0.717) is 11.0 Å². The smallest absolute Gasteiger partial charge is 0.236 e. The lowest BCUT2D eigenvalue weighted by Crippen LogP contribution is -2.14. The molecule has 0 aliphatic rings. The molecule has 25 heavy (non-hydrogen) atoms. The van der Waals surface area contributed by atoms with Crippen molar-refractivity contribution in [2.75, 3.05) is 11.9 Å². The van der Waals surface area contributed by atoms with Gasteiger partial charge in [-0.25, -0.2) is 9.97 Å². The van der Waals surface area contributed by atoms with E-state index < -0.39 is 0 Å². The van der Waals surface area contributed by atoms with Crippen molar-refractivity contribution in [3.8, 4) is 16.4 Å². The first-order chi connectivity index (χ1) is 12.2. The lowest BCUT2D eigenvalue weighted by Gasteiger charge is -2.21. The Hall–Kier alpha value is -2.70. The molecule has 4 rings (SSSR count). The minimum absolute atomic E-state index is 0.571. The molecular formula is C18H14ClN5S. The first-order valence-electron chi connectivity index (χ1n) is 7.61. The van der Waals surface area contributed by atoms with Crippen LogP contribution in [0.5, 0.6) is 0 Å². The van der Waals surface area contributed by atoms with E-state index in [2.05, 4.69) is 16.0 Å². The number of imidazole rings is 1. The number of benzene rings is 1. The zero-order valence-electron chi connectivity index (χ0n) is 13.4. The number of aromatic nitrogens is 4. The summed E-state index contributed by atoms with van der Waals surface area (Å²) in [6.45, 7) is 0. The van der Waals surface area contributed by atoms with Gasteiger partial charge in [0.05, 0.1) is 5.56 Å². The van der Waals surface area contributed by atoms with Crippen molar-refractivity contribution >= 4 is 34.4 Å². The molecule has 124 valence electrons. The summed E-state index contributed by atoms with van der Waals surface area (Å²) >= 11 is 7.82. The third-order valence-corrected chi connectivity index (χ3v) is 4.93. The monoisotopic (exact) mass is 367 g/mol. The average Bonchev–Trinajstić information content (AvgIpc) is 3.34. The molecule has 5 nitrogen and oxygen atoms in total. The molecule has 0 N–H and O–H groups in total. The number of hydrogen-bond donors (Lipinski definition) is 0. The predicted octanol–water partition coefficient (Wildman–Crippen LogP) is 4.81. The van der Waals surface area contributed by atoms with E-state index >= 15 is 0 Å². The fourth-order valence-electron chi connectivity index (χ4n) is 2.53. The Kier molecular flexibility index (Phi) is 4.21. The maximum absolute atomic E-state index is 6.16. The Balaban J connectivity index is 1.86. The van der Waals surface area contributed by atoms with E-state index in [9.17, 15) is 0 Å². The lowest BCUT2D eigenvalue weighted by molar-refractivity contribution is 0.918. The fraction of sp³-hybridized carbons (Fsp3) is 0.0556. The summed E-state index contributed by atoms with van der Waals surface area (Å²) in [6.07, 6.45) is 7.06. The Morgan fingerprint density at radius 2 is 2.12 bits per heavy atom. The van der Waals surface area contributed by atoms with E-state index in [-0.39, 0.29) is 0 Å². The highest BCUT2D eigenvalue weighted by molar-refractivity contribution is 7.13. The molecule has 3 aromatic heterocycles. The molecular weight excluding hydrogens is 354 g/mol. The van der Waals surface area contributed by atoms with Gasteiger partial charge in [-0.2, -0.15) is 4.98 Å². The molecule has 1 aromatic carbocycles. The van der Waals surface area contributed by atoms with Gasteiger partial charge in [-0.15, -0.1) is 11.3 Å². The Bertz CT molecular complexity index is 983. The van der Waals surface area contributed by atoms with Crippen LogP contribution in [0.4, 0.5) is 11.5 Å². The molecule has 0 aliphatic heterocycles. The first kappa shape index (κ1) is 15.8. The summed E-state index contributed by atoms with van der Waals surface area (Å²) < 4.78 is 1.79. The number of rotatable bonds is 4. The van der Waals surface area contributed by atoms with E-state index in [4.69, 9.17) is 16.6 Å². The van der Waals surface area contributed by atoms with Crippen LogP contribution in [0.25, 0.3) is 16.4 Å². The highest BCUT2D eigenvalue weighted by Gasteiger charge is 2.16. The number of hydrogen-bond acceptors (Lipinski definition) is 5. The van der Waals surface area contributed by atoms with E-state index in [1.165, 1.54) is 0 Å². The van der Waals surface area contributed by atoms with Crippen molar-refractivity contribution in [3.05, 3.63) is 71.7 Å². The minimum atomic E-state index is 0.571. The van der Waals surface area contributed by atoms with E-state index in [0.717, 1.165) is 21.9 Å². The molecule has 0 radical (unpaired) electrons. The molecule has 0 aliphatic carbocycles. The lowest BCUT2D eigenvalue weighted by atomic mass is 10.2. The normalized spacial score (nSPS) is 10.8. The van der Waals surface area contributed by atoms with Crippen molar-refractivity contribution in [1.82, 2.24) is 19.5 Å². The molecule has 0 saturated carbocycles. The van der Waals surface area contributed by atoms with Crippen molar-refractivity contribution in [1.29, 1.82) is 0 Å². The SMILES string of the molecule is CN(c1cccc(Cl)c1)c1nc(-n2ccnc2)ncc1-c1cccs1. The molecule has 0 atom stereocenters. The summed E-state index contributed by atoms with van der Waals surface area (Å²) in [5.74, 6) is 1.38. The third-order valence-electron chi connectivity index (χ3n) is 3.79. The topological polar surface area (TPSA) is 46.8 Å². The van der Waals surface area contributed by atoms with Gasteiger partial charge >= 0.3 is 0 Å². The van der Waals surface area contributed by atoms with Gasteiger partial charge in [0.1, 0.15) is 12.1 Å². The molecule has 3 heterocycles. The molecule has 7 heteroatoms. The Morgan fingerprint density at radius 3 is 2.84 bits per heavy atom. The number of thiophene rings is 1. The van der Waals surface area contributed by atoms with Crippen LogP contribution in [-0.2, 0) is 0 Å². The van der Waals surface area contributed by atoms with Crippen molar-refractivity contribution in [2.45, 2.75) is 0 Å². The van der Waals surface area contributed by atoms with Crippen LogP contribution in [0.15, 0.2) is 66.7 Å². The van der Waals surface area contributed by atoms with Crippen molar-refractivity contribution < 1.29 is 0 Å². The number of halogens is 1. The van der Waals surface area contributed by atoms with Crippen LogP contribution in [0.2, 0.25) is 5.02 Å². The van der Waals surface area contributed by atoms with Crippen LogP contribution in [-0.4, -0.2) is 26.6 Å². The van der Waals surface area contributed by atoms with Crippen LogP contribution >= 0.6 is 22.9 Å². The molecule has 0 spiro atoms. The van der Waals surface area contributed by atoms with Crippen LogP contribution in [0.1, 0.15) is 0 Å². The second-order valence-corrected chi connectivity index (χ2v) is 6.78. The van der Waals surface area contributed by atoms with Crippen molar-refractivity contribution in [3.63, 3.8) is 0 Å². The van der Waals surface area contributed by atoms with E-state index in [1.807, 2.05) is 60.1 Å². The molecule has 0 saturated heterocycles. The van der Waals surface area contributed by atoms with Crippen LogP contribution in [0, 0.1) is 0 Å². The van der Waals surface area contributed by atoms with Gasteiger partial charge in [-0.3, -0.25) is 4.57 Å². The minimum Gasteiger partial charge on any atom is -0.329 e. The zero-order valence-corrected chi connectivity index (χ0v) is 14.9. The van der Waals surface area contributed by atoms with Crippen LogP contribution in [0.3, 0.4) is 0 Å². The van der Waals surface area contributed by atoms with Gasteiger partial charge in [0.2, 0.25) is 5.95 Å². The quantitative estimate of drug-likeness (QED) is 0.519. The summed E-state index contributed by atoms with van der Waals surface area (Å²) in [6, 6.07) is 11.8. The summed E-state index contributed by atoms with van der Waals surface area (Å²) in [7, 11) is 1.97. The standard InChI is InChI=1S/C18H14ClN5S/c1-23(14-5-2-4-13(19)10-14)17-15(16-6-3-9-25-16)11-21-18(22-17)24-8-7-20-12-24/h2-12H,1H3. The molecule has 0 unspecified atom stereocenters. The van der Waals surface area contributed by atoms with Gasteiger partial charge in [-0.05, 0) is 29.6 Å². The average molecular weight is 368 g/mol. The molecule has 0 bridgehead atoms. The maximum Gasteiger partial charge on any atom is 0.236 e. The van der Waals surface area contributed by atoms with Gasteiger partial charge in [0, 0.05) is 41.2 Å². The molecule has 0 fully saturated rings. The van der Waals surface area contributed by atoms with Gasteiger partial charge < -0.3 is 4.90 Å². The summed E-state index contributed by atoms with van der Waals surface area (Å²) in [4.78, 5) is 16.5. The zero-order chi connectivity index (χ0) is 17.2. The number of anilines is 2. The molecule has 0 amide bonds. The fourth-order valence-corrected chi connectivity index (χ4v) is 3.45. The van der Waals surface area contributed by atoms with Gasteiger partial charge in [0.25, 0.3) is 0 Å². The van der Waals surface area contributed by atoms with Crippen molar-refractivity contribution in [2.24, 2.45) is 0 Å². The Labute approximate surface area is 154 Å². The highest BCUT2D eigenvalue weighted by Crippen LogP contribution is 2.35.